The van der Waals surface area contributed by atoms with Crippen LogP contribution in [0.1, 0.15) is 60.2 Å². The third-order valence-electron chi connectivity index (χ3n) is 4.90. The second kappa shape index (κ2) is 19.3. The molecule has 0 aliphatic rings. The molecule has 13 nitrogen and oxygen atoms in total. The zero-order chi connectivity index (χ0) is 27.4. The van der Waals surface area contributed by atoms with E-state index in [9.17, 15) is 0 Å². The highest BCUT2D eigenvalue weighted by atomic mass is 28.4. The van der Waals surface area contributed by atoms with Gasteiger partial charge in [-0.25, -0.2) is 0 Å². The van der Waals surface area contributed by atoms with Crippen molar-refractivity contribution in [2.24, 2.45) is 0 Å². The van der Waals surface area contributed by atoms with Crippen molar-refractivity contribution in [3.8, 4) is 0 Å². The van der Waals surface area contributed by atoms with E-state index in [-0.39, 0.29) is 5.82 Å². The molecule has 0 aromatic carbocycles. The maximum absolute atomic E-state index is 8.97. The van der Waals surface area contributed by atoms with E-state index < -0.39 is 17.6 Å². The highest BCUT2D eigenvalue weighted by molar-refractivity contribution is 6.61. The summed E-state index contributed by atoms with van der Waals surface area (Å²) in [5, 5.41) is 6.41. The Morgan fingerprint density at radius 3 is 1.30 bits per heavy atom. The zero-order valence-corrected chi connectivity index (χ0v) is 25.2. The second-order valence-corrected chi connectivity index (χ2v) is 13.1. The number of hydrogen-bond acceptors (Lipinski definition) is 11. The van der Waals surface area contributed by atoms with Gasteiger partial charge in [-0.15, -0.1) is 0 Å². The van der Waals surface area contributed by atoms with Crippen LogP contribution in [0.5, 0.6) is 0 Å². The number of nitrogens with zero attached hydrogens (tertiary/aromatic N) is 5. The van der Waals surface area contributed by atoms with Gasteiger partial charge in [0.15, 0.2) is 0 Å². The quantitative estimate of drug-likeness (QED) is 0.0667. The molecule has 0 aliphatic carbocycles. The summed E-state index contributed by atoms with van der Waals surface area (Å²) in [7, 11) is -5.42. The van der Waals surface area contributed by atoms with Gasteiger partial charge >= 0.3 is 23.8 Å². The smallest absolute Gasteiger partial charge is 0.374 e. The van der Waals surface area contributed by atoms with Crippen LogP contribution in [0.2, 0.25) is 12.1 Å². The van der Waals surface area contributed by atoms with E-state index >= 15 is 0 Å². The molecule has 1 heterocycles. The standard InChI is InChI=1S/C22H45N7O6Si2/c1-7-30-36(31-8-2,32-9-3)17-13-15-24-21-27-20(19-26-23)28-22(29-21)25-16-14-18-37(33-10-4,34-11-5)35-12-6/h19H,7-18H2,1-6H3,(H2,24,25,27,28,29). The van der Waals surface area contributed by atoms with Crippen molar-refractivity contribution >= 4 is 35.7 Å². The van der Waals surface area contributed by atoms with Crippen LogP contribution in [0.15, 0.2) is 0 Å². The van der Waals surface area contributed by atoms with Crippen molar-refractivity contribution in [1.29, 1.82) is 0 Å². The lowest BCUT2D eigenvalue weighted by molar-refractivity contribution is 0.00393. The fourth-order valence-corrected chi connectivity index (χ4v) is 8.90. The molecule has 0 unspecified atom stereocenters. The molecule has 0 amide bonds. The van der Waals surface area contributed by atoms with E-state index in [4.69, 9.17) is 32.1 Å². The number of nitrogens with one attached hydrogen (secondary N) is 2. The molecule has 1 rings (SSSR count). The average Bonchev–Trinajstić information content (AvgIpc) is 2.86. The van der Waals surface area contributed by atoms with Gasteiger partial charge in [-0.1, -0.05) is 0 Å². The van der Waals surface area contributed by atoms with Crippen LogP contribution in [0.3, 0.4) is 0 Å². The van der Waals surface area contributed by atoms with Gasteiger partial charge in [0.05, 0.1) is 0 Å². The van der Waals surface area contributed by atoms with E-state index in [2.05, 4.69) is 30.4 Å². The Morgan fingerprint density at radius 1 is 0.649 bits per heavy atom. The fraction of sp³-hybridized carbons (Fsp3) is 0.818. The Morgan fingerprint density at radius 2 is 1.00 bits per heavy atom. The van der Waals surface area contributed by atoms with Crippen molar-refractivity contribution in [3.05, 3.63) is 11.4 Å². The maximum Gasteiger partial charge on any atom is 0.500 e. The first kappa shape index (κ1) is 33.2. The average molecular weight is 560 g/mol. The normalized spacial score (nSPS) is 11.8. The predicted octanol–water partition coefficient (Wildman–Crippen LogP) is 3.22. The Kier molecular flexibility index (Phi) is 17.3. The molecule has 0 atom stereocenters. The third-order valence-corrected chi connectivity index (χ3v) is 11.2. The predicted molar refractivity (Wildman–Crippen MR) is 146 cm³/mol. The Bertz CT molecular complexity index is 718. The lowest BCUT2D eigenvalue weighted by Gasteiger charge is -2.28. The van der Waals surface area contributed by atoms with E-state index in [0.29, 0.717) is 76.7 Å². The fourth-order valence-electron chi connectivity index (χ4n) is 3.67. The van der Waals surface area contributed by atoms with Crippen molar-refractivity contribution in [3.63, 3.8) is 0 Å². The molecule has 0 bridgehead atoms. The Labute approximate surface area is 223 Å². The van der Waals surface area contributed by atoms with Gasteiger partial charge in [0.25, 0.3) is 0 Å². The summed E-state index contributed by atoms with van der Waals surface area (Å²) in [5.74, 6) is 0.960. The van der Waals surface area contributed by atoms with Crippen molar-refractivity contribution in [1.82, 2.24) is 15.0 Å². The molecule has 0 radical (unpaired) electrons. The van der Waals surface area contributed by atoms with E-state index in [0.717, 1.165) is 19.1 Å². The van der Waals surface area contributed by atoms with Crippen LogP contribution in [-0.4, -0.2) is 96.3 Å². The first-order valence-electron chi connectivity index (χ1n) is 13.2. The molecule has 0 fully saturated rings. The SMILES string of the molecule is CCO[Si](CCCNc1nc(C=[N+]=[N-])nc(NCCC[Si](OCC)(OCC)OCC)n1)(OCC)OCC. The molecule has 1 aromatic heterocycles. The number of aromatic nitrogens is 3. The van der Waals surface area contributed by atoms with Crippen LogP contribution in [-0.2, 0) is 26.6 Å². The van der Waals surface area contributed by atoms with Gasteiger partial charge in [0.1, 0.15) is 0 Å². The second-order valence-electron chi connectivity index (χ2n) is 7.61. The molecule has 2 N–H and O–H groups in total. The van der Waals surface area contributed by atoms with Gasteiger partial charge in [-0.3, -0.25) is 0 Å². The van der Waals surface area contributed by atoms with Crippen molar-refractivity contribution in [2.45, 2.75) is 66.5 Å². The van der Waals surface area contributed by atoms with Crippen LogP contribution < -0.4 is 10.6 Å². The Balaban J connectivity index is 2.76. The maximum atomic E-state index is 8.97. The minimum Gasteiger partial charge on any atom is -0.374 e. The molecule has 0 aliphatic heterocycles. The first-order valence-corrected chi connectivity index (χ1v) is 17.1. The molecule has 212 valence electrons. The molecular formula is C22H45N7O6Si2. The summed E-state index contributed by atoms with van der Waals surface area (Å²) in [4.78, 5) is 16.1. The molecule has 15 heteroatoms. The molecule has 0 spiro atoms. The summed E-state index contributed by atoms with van der Waals surface area (Å²) in [6.45, 7) is 16.0. The largest absolute Gasteiger partial charge is 0.500 e. The van der Waals surface area contributed by atoms with Crippen molar-refractivity contribution in [2.75, 3.05) is 63.4 Å². The van der Waals surface area contributed by atoms with Gasteiger partial charge in [0.2, 0.25) is 17.7 Å². The van der Waals surface area contributed by atoms with E-state index in [1.54, 1.807) is 0 Å². The minimum absolute atomic E-state index is 0.228. The van der Waals surface area contributed by atoms with Gasteiger partial charge < -0.3 is 42.7 Å². The van der Waals surface area contributed by atoms with Crippen LogP contribution in [0.4, 0.5) is 11.9 Å². The zero-order valence-electron chi connectivity index (χ0n) is 23.2. The lowest BCUT2D eigenvalue weighted by atomic mass is 10.5. The monoisotopic (exact) mass is 559 g/mol. The molecule has 37 heavy (non-hydrogen) atoms. The molecule has 1 aromatic rings. The molecule has 0 saturated carbocycles. The lowest BCUT2D eigenvalue weighted by Crippen LogP contribution is -2.46. The topological polar surface area (TPSA) is 155 Å². The summed E-state index contributed by atoms with van der Waals surface area (Å²) in [6.07, 6.45) is 2.64. The summed E-state index contributed by atoms with van der Waals surface area (Å²) in [6, 6.07) is 1.34. The van der Waals surface area contributed by atoms with Gasteiger partial charge in [-0.05, 0) is 54.4 Å². The highest BCUT2D eigenvalue weighted by Gasteiger charge is 2.40. The van der Waals surface area contributed by atoms with Gasteiger partial charge in [0, 0.05) is 64.8 Å². The minimum atomic E-state index is -2.71. The van der Waals surface area contributed by atoms with Crippen LogP contribution in [0, 0.1) is 0 Å². The summed E-state index contributed by atoms with van der Waals surface area (Å²) in [5.41, 5.74) is 8.97. The van der Waals surface area contributed by atoms with Crippen LogP contribution in [0.25, 0.3) is 5.53 Å². The summed E-state index contributed by atoms with van der Waals surface area (Å²) >= 11 is 0. The number of hydrogen-bond donors (Lipinski definition) is 2. The van der Waals surface area contributed by atoms with E-state index in [1.165, 1.54) is 0 Å². The molecule has 0 saturated heterocycles. The Hall–Kier alpha value is -1.82. The number of anilines is 2. The highest BCUT2D eigenvalue weighted by Crippen LogP contribution is 2.19. The summed E-state index contributed by atoms with van der Waals surface area (Å²) < 4.78 is 35.4. The van der Waals surface area contributed by atoms with Crippen LogP contribution >= 0.6 is 0 Å². The van der Waals surface area contributed by atoms with Crippen molar-refractivity contribution < 1.29 is 31.3 Å². The first-order chi connectivity index (χ1) is 18.0. The number of rotatable bonds is 23. The third kappa shape index (κ3) is 12.5. The van der Waals surface area contributed by atoms with E-state index in [1.807, 2.05) is 41.5 Å². The molecular weight excluding hydrogens is 514 g/mol. The van der Waals surface area contributed by atoms with Gasteiger partial charge in [-0.2, -0.15) is 19.7 Å².